The van der Waals surface area contributed by atoms with Crippen LogP contribution in [-0.4, -0.2) is 64.6 Å². The van der Waals surface area contributed by atoms with Crippen molar-refractivity contribution >= 4 is 49.4 Å². The second-order valence-corrected chi connectivity index (χ2v) is 11.6. The van der Waals surface area contributed by atoms with E-state index >= 15 is 0 Å². The van der Waals surface area contributed by atoms with Crippen LogP contribution in [0.4, 0.5) is 0 Å². The van der Waals surface area contributed by atoms with Gasteiger partial charge in [-0.05, 0) is 36.4 Å². The SMILES string of the molecule is CCN(CC)S(=O)(=O)c1ccc(C(=O)CSc2nnc(CCNC(C)=O)n2-c2ccc(Br)cc2)cc1. The smallest absolute Gasteiger partial charge is 0.243 e. The van der Waals surface area contributed by atoms with Crippen molar-refractivity contribution in [3.8, 4) is 5.69 Å². The van der Waals surface area contributed by atoms with Gasteiger partial charge in [0.2, 0.25) is 15.9 Å². The van der Waals surface area contributed by atoms with Crippen LogP contribution in [0.2, 0.25) is 0 Å². The first-order valence-electron chi connectivity index (χ1n) is 11.4. The molecule has 0 spiro atoms. The van der Waals surface area contributed by atoms with Gasteiger partial charge in [-0.2, -0.15) is 4.31 Å². The minimum atomic E-state index is -3.58. The molecule has 0 aliphatic rings. The average Bonchev–Trinajstić information content (AvgIpc) is 3.26. The molecule has 1 N–H and O–H groups in total. The third-order valence-electron chi connectivity index (χ3n) is 5.36. The van der Waals surface area contributed by atoms with Gasteiger partial charge in [0.05, 0.1) is 10.6 Å². The molecular formula is C24H28BrN5O4S2. The first-order valence-corrected chi connectivity index (χ1v) is 14.6. The summed E-state index contributed by atoms with van der Waals surface area (Å²) in [6.07, 6.45) is 0.472. The van der Waals surface area contributed by atoms with Gasteiger partial charge in [-0.1, -0.05) is 53.7 Å². The molecule has 0 bridgehead atoms. The Balaban J connectivity index is 1.77. The third kappa shape index (κ3) is 6.81. The number of rotatable bonds is 12. The number of halogens is 1. The van der Waals surface area contributed by atoms with Gasteiger partial charge < -0.3 is 5.32 Å². The fourth-order valence-corrected chi connectivity index (χ4v) is 6.08. The quantitative estimate of drug-likeness (QED) is 0.251. The van der Waals surface area contributed by atoms with Crippen LogP contribution < -0.4 is 5.32 Å². The van der Waals surface area contributed by atoms with Crippen LogP contribution in [0.5, 0.6) is 0 Å². The topological polar surface area (TPSA) is 114 Å². The van der Waals surface area contributed by atoms with Crippen molar-refractivity contribution in [3.63, 3.8) is 0 Å². The van der Waals surface area contributed by atoms with Gasteiger partial charge in [0, 0.05) is 48.7 Å². The van der Waals surface area contributed by atoms with Crippen molar-refractivity contribution in [1.82, 2.24) is 24.4 Å². The molecule has 0 saturated carbocycles. The molecule has 36 heavy (non-hydrogen) atoms. The molecule has 1 amide bonds. The Morgan fingerprint density at radius 2 is 1.67 bits per heavy atom. The summed E-state index contributed by atoms with van der Waals surface area (Å²) in [5.41, 5.74) is 1.25. The standard InChI is InChI=1S/C24H28BrN5O4S2/c1-4-29(5-2)36(33,34)21-12-6-18(7-13-21)22(32)16-35-24-28-27-23(14-15-26-17(3)31)30(24)20-10-8-19(25)9-11-20/h6-13H,4-5,14-16H2,1-3H3,(H,26,31). The Morgan fingerprint density at radius 1 is 1.03 bits per heavy atom. The Morgan fingerprint density at radius 3 is 2.25 bits per heavy atom. The Bertz CT molecular complexity index is 1310. The van der Waals surface area contributed by atoms with Crippen molar-refractivity contribution in [2.24, 2.45) is 0 Å². The van der Waals surface area contributed by atoms with Crippen LogP contribution in [0.1, 0.15) is 37.0 Å². The van der Waals surface area contributed by atoms with E-state index in [0.717, 1.165) is 10.2 Å². The second kappa shape index (κ2) is 12.6. The fourth-order valence-electron chi connectivity index (χ4n) is 3.49. The van der Waals surface area contributed by atoms with Crippen LogP contribution >= 0.6 is 27.7 Å². The van der Waals surface area contributed by atoms with Crippen molar-refractivity contribution in [2.75, 3.05) is 25.4 Å². The molecule has 0 aliphatic heterocycles. The summed E-state index contributed by atoms with van der Waals surface area (Å²) < 4.78 is 29.5. The fraction of sp³-hybridized carbons (Fsp3) is 0.333. The third-order valence-corrected chi connectivity index (χ3v) is 8.88. The number of nitrogens with one attached hydrogen (secondary N) is 1. The van der Waals surface area contributed by atoms with Crippen molar-refractivity contribution in [1.29, 1.82) is 0 Å². The van der Waals surface area contributed by atoms with E-state index in [9.17, 15) is 18.0 Å². The molecule has 1 heterocycles. The number of sulfonamides is 1. The highest BCUT2D eigenvalue weighted by Crippen LogP contribution is 2.25. The Hall–Kier alpha value is -2.54. The maximum atomic E-state index is 12.9. The summed E-state index contributed by atoms with van der Waals surface area (Å²) in [6, 6.07) is 13.6. The predicted octanol–water partition coefficient (Wildman–Crippen LogP) is 3.71. The summed E-state index contributed by atoms with van der Waals surface area (Å²) in [6.45, 7) is 6.20. The molecule has 9 nitrogen and oxygen atoms in total. The van der Waals surface area contributed by atoms with E-state index in [1.54, 1.807) is 13.8 Å². The van der Waals surface area contributed by atoms with E-state index in [1.807, 2.05) is 28.8 Å². The molecule has 2 aromatic carbocycles. The zero-order valence-electron chi connectivity index (χ0n) is 20.3. The van der Waals surface area contributed by atoms with Crippen molar-refractivity contribution in [3.05, 3.63) is 64.4 Å². The zero-order chi connectivity index (χ0) is 26.3. The number of benzene rings is 2. The number of hydrogen-bond donors (Lipinski definition) is 1. The highest BCUT2D eigenvalue weighted by Gasteiger charge is 2.22. The lowest BCUT2D eigenvalue weighted by Gasteiger charge is -2.18. The second-order valence-electron chi connectivity index (χ2n) is 7.77. The van der Waals surface area contributed by atoms with Gasteiger partial charge in [-0.3, -0.25) is 14.2 Å². The molecular weight excluding hydrogens is 566 g/mol. The molecule has 1 aromatic heterocycles. The monoisotopic (exact) mass is 593 g/mol. The normalized spacial score (nSPS) is 11.6. The van der Waals surface area contributed by atoms with Gasteiger partial charge in [0.25, 0.3) is 0 Å². The molecule has 3 rings (SSSR count). The summed E-state index contributed by atoms with van der Waals surface area (Å²) in [5, 5.41) is 11.9. The highest BCUT2D eigenvalue weighted by molar-refractivity contribution is 9.10. The van der Waals surface area contributed by atoms with Gasteiger partial charge in [-0.15, -0.1) is 10.2 Å². The molecule has 0 fully saturated rings. The lowest BCUT2D eigenvalue weighted by Crippen LogP contribution is -2.30. The summed E-state index contributed by atoms with van der Waals surface area (Å²) in [7, 11) is -3.58. The van der Waals surface area contributed by atoms with Gasteiger partial charge in [0.15, 0.2) is 10.9 Å². The minimum Gasteiger partial charge on any atom is -0.356 e. The maximum Gasteiger partial charge on any atom is 0.243 e. The van der Waals surface area contributed by atoms with E-state index in [0.29, 0.717) is 42.6 Å². The summed E-state index contributed by atoms with van der Waals surface area (Å²) >= 11 is 4.68. The first kappa shape index (κ1) is 28.0. The van der Waals surface area contributed by atoms with Gasteiger partial charge in [0.1, 0.15) is 5.82 Å². The lowest BCUT2D eigenvalue weighted by molar-refractivity contribution is -0.118. The van der Waals surface area contributed by atoms with Crippen LogP contribution in [0.25, 0.3) is 5.69 Å². The maximum absolute atomic E-state index is 12.9. The van der Waals surface area contributed by atoms with Crippen LogP contribution in [0, 0.1) is 0 Å². The van der Waals surface area contributed by atoms with E-state index in [-0.39, 0.29) is 22.3 Å². The minimum absolute atomic E-state index is 0.0997. The van der Waals surface area contributed by atoms with Crippen LogP contribution in [0.15, 0.2) is 63.1 Å². The number of thioether (sulfide) groups is 1. The van der Waals surface area contributed by atoms with E-state index in [1.165, 1.54) is 47.3 Å². The molecule has 12 heteroatoms. The molecule has 3 aromatic rings. The van der Waals surface area contributed by atoms with E-state index < -0.39 is 10.0 Å². The van der Waals surface area contributed by atoms with Crippen LogP contribution in [-0.2, 0) is 21.2 Å². The number of Topliss-reactive ketones (excluding diaryl/α,β-unsaturated/α-hetero) is 1. The number of ketones is 1. The molecule has 0 unspecified atom stereocenters. The summed E-state index contributed by atoms with van der Waals surface area (Å²) in [5.74, 6) is 0.479. The molecule has 0 aliphatic carbocycles. The molecule has 192 valence electrons. The predicted molar refractivity (Wildman–Crippen MR) is 143 cm³/mol. The number of carbonyl (C=O) groups excluding carboxylic acids is 2. The molecule has 0 atom stereocenters. The molecule has 0 radical (unpaired) electrons. The highest BCUT2D eigenvalue weighted by atomic mass is 79.9. The van der Waals surface area contributed by atoms with Crippen molar-refractivity contribution in [2.45, 2.75) is 37.2 Å². The Kier molecular flexibility index (Phi) is 9.83. The first-order chi connectivity index (χ1) is 17.2. The number of aromatic nitrogens is 3. The number of carbonyl (C=O) groups is 2. The Labute approximate surface area is 223 Å². The van der Waals surface area contributed by atoms with Gasteiger partial charge in [-0.25, -0.2) is 8.42 Å². The van der Waals surface area contributed by atoms with Crippen molar-refractivity contribution < 1.29 is 18.0 Å². The van der Waals surface area contributed by atoms with E-state index in [4.69, 9.17) is 0 Å². The molecule has 0 saturated heterocycles. The average molecular weight is 595 g/mol. The van der Waals surface area contributed by atoms with Gasteiger partial charge >= 0.3 is 0 Å². The number of nitrogens with zero attached hydrogens (tertiary/aromatic N) is 4. The lowest BCUT2D eigenvalue weighted by atomic mass is 10.1. The zero-order valence-corrected chi connectivity index (χ0v) is 23.5. The number of hydrogen-bond acceptors (Lipinski definition) is 7. The van der Waals surface area contributed by atoms with Crippen LogP contribution in [0.3, 0.4) is 0 Å². The number of amides is 1. The largest absolute Gasteiger partial charge is 0.356 e. The van der Waals surface area contributed by atoms with E-state index in [2.05, 4.69) is 31.4 Å². The summed E-state index contributed by atoms with van der Waals surface area (Å²) in [4.78, 5) is 24.3.